The maximum Gasteiger partial charge on any atom is 0.340 e. The number of ether oxygens (including phenoxy) is 1. The average molecular weight is 363 g/mol. The molecule has 2 heterocycles. The van der Waals surface area contributed by atoms with Crippen molar-refractivity contribution in [3.63, 3.8) is 0 Å². The molecule has 0 N–H and O–H groups in total. The maximum absolute atomic E-state index is 12.1. The van der Waals surface area contributed by atoms with Gasteiger partial charge in [-0.25, -0.2) is 9.78 Å². The fraction of sp³-hybridized carbons (Fsp3) is 0.118. The smallest absolute Gasteiger partial charge is 0.340 e. The number of aryl methyl sites for hydroxylation is 1. The van der Waals surface area contributed by atoms with Crippen molar-refractivity contribution in [2.75, 3.05) is 0 Å². The number of carbonyl (C=O) groups is 1. The zero-order chi connectivity index (χ0) is 17.3. The van der Waals surface area contributed by atoms with Gasteiger partial charge in [-0.3, -0.25) is 9.20 Å². The predicted octanol–water partition coefficient (Wildman–Crippen LogP) is 3.67. The second-order valence-corrected chi connectivity index (χ2v) is 5.93. The summed E-state index contributed by atoms with van der Waals surface area (Å²) in [4.78, 5) is 28.6. The normalized spacial score (nSPS) is 10.8. The Hall–Kier alpha value is -2.37. The van der Waals surface area contributed by atoms with E-state index >= 15 is 0 Å². The van der Waals surface area contributed by atoms with Gasteiger partial charge in [-0.15, -0.1) is 0 Å². The van der Waals surface area contributed by atoms with Gasteiger partial charge in [0.1, 0.15) is 12.3 Å². The van der Waals surface area contributed by atoms with Gasteiger partial charge in [0.05, 0.1) is 21.3 Å². The highest BCUT2D eigenvalue weighted by atomic mass is 35.5. The van der Waals surface area contributed by atoms with Gasteiger partial charge in [0.15, 0.2) is 0 Å². The van der Waals surface area contributed by atoms with E-state index in [1.807, 2.05) is 13.0 Å². The Morgan fingerprint density at radius 3 is 2.83 bits per heavy atom. The number of esters is 1. The van der Waals surface area contributed by atoms with Crippen LogP contribution in [0.4, 0.5) is 0 Å². The van der Waals surface area contributed by atoms with Crippen molar-refractivity contribution in [2.24, 2.45) is 0 Å². The van der Waals surface area contributed by atoms with E-state index in [0.29, 0.717) is 11.3 Å². The molecular weight excluding hydrogens is 351 g/mol. The van der Waals surface area contributed by atoms with Gasteiger partial charge in [-0.05, 0) is 30.7 Å². The molecule has 0 unspecified atom stereocenters. The molecule has 0 bridgehead atoms. The van der Waals surface area contributed by atoms with Gasteiger partial charge >= 0.3 is 5.97 Å². The lowest BCUT2D eigenvalue weighted by atomic mass is 10.2. The fourth-order valence-corrected chi connectivity index (χ4v) is 2.64. The summed E-state index contributed by atoms with van der Waals surface area (Å²) in [7, 11) is 0. The Labute approximate surface area is 147 Å². The molecule has 122 valence electrons. The van der Waals surface area contributed by atoms with Crippen LogP contribution in [0.25, 0.3) is 5.65 Å². The highest BCUT2D eigenvalue weighted by Gasteiger charge is 2.15. The third kappa shape index (κ3) is 3.13. The van der Waals surface area contributed by atoms with Crippen LogP contribution >= 0.6 is 23.2 Å². The monoisotopic (exact) mass is 362 g/mol. The van der Waals surface area contributed by atoms with E-state index in [0.717, 1.165) is 5.56 Å². The van der Waals surface area contributed by atoms with Crippen molar-refractivity contribution in [3.05, 3.63) is 79.8 Å². The highest BCUT2D eigenvalue weighted by Crippen LogP contribution is 2.26. The Kier molecular flexibility index (Phi) is 4.55. The highest BCUT2D eigenvalue weighted by molar-refractivity contribution is 6.43. The van der Waals surface area contributed by atoms with Crippen LogP contribution in [-0.2, 0) is 11.3 Å². The van der Waals surface area contributed by atoms with E-state index < -0.39 is 5.97 Å². The van der Waals surface area contributed by atoms with Gasteiger partial charge in [0.25, 0.3) is 5.56 Å². The molecule has 24 heavy (non-hydrogen) atoms. The van der Waals surface area contributed by atoms with Crippen molar-refractivity contribution < 1.29 is 9.53 Å². The zero-order valence-electron chi connectivity index (χ0n) is 12.6. The summed E-state index contributed by atoms with van der Waals surface area (Å²) >= 11 is 11.9. The zero-order valence-corrected chi connectivity index (χ0v) is 14.1. The Balaban J connectivity index is 1.86. The van der Waals surface area contributed by atoms with Crippen molar-refractivity contribution in [3.8, 4) is 0 Å². The average Bonchev–Trinajstić information content (AvgIpc) is 2.56. The summed E-state index contributed by atoms with van der Waals surface area (Å²) < 4.78 is 6.64. The minimum atomic E-state index is -0.630. The molecule has 0 atom stereocenters. The second-order valence-electron chi connectivity index (χ2n) is 5.15. The van der Waals surface area contributed by atoms with Crippen LogP contribution < -0.4 is 5.56 Å². The molecule has 0 spiro atoms. The Morgan fingerprint density at radius 1 is 1.25 bits per heavy atom. The molecule has 2 aromatic heterocycles. The first-order chi connectivity index (χ1) is 11.5. The minimum absolute atomic E-state index is 0.131. The van der Waals surface area contributed by atoms with Crippen LogP contribution in [0.5, 0.6) is 0 Å². The summed E-state index contributed by atoms with van der Waals surface area (Å²) in [6.45, 7) is 1.71. The number of fused-ring (bicyclic) bond motifs is 1. The number of aromatic nitrogens is 2. The molecule has 0 aliphatic carbocycles. The quantitative estimate of drug-likeness (QED) is 0.667. The molecule has 0 aliphatic heterocycles. The molecule has 1 aromatic carbocycles. The predicted molar refractivity (Wildman–Crippen MR) is 91.8 cm³/mol. The molecule has 0 radical (unpaired) electrons. The van der Waals surface area contributed by atoms with Crippen LogP contribution in [0, 0.1) is 6.92 Å². The number of hydrogen-bond acceptors (Lipinski definition) is 4. The molecule has 0 saturated heterocycles. The molecular formula is C17H12Cl2N2O3. The Morgan fingerprint density at radius 2 is 2.04 bits per heavy atom. The largest absolute Gasteiger partial charge is 0.456 e. The molecule has 0 saturated carbocycles. The van der Waals surface area contributed by atoms with Gasteiger partial charge < -0.3 is 4.74 Å². The first-order valence-corrected chi connectivity index (χ1v) is 7.82. The molecule has 0 amide bonds. The van der Waals surface area contributed by atoms with E-state index in [1.165, 1.54) is 16.5 Å². The van der Waals surface area contributed by atoms with Crippen LogP contribution in [0.3, 0.4) is 0 Å². The number of nitrogens with zero attached hydrogens (tertiary/aromatic N) is 2. The van der Waals surface area contributed by atoms with Crippen LogP contribution in [-0.4, -0.2) is 15.4 Å². The first-order valence-electron chi connectivity index (χ1n) is 7.06. The lowest BCUT2D eigenvalue weighted by molar-refractivity contribution is 0.0468. The second kappa shape index (κ2) is 6.63. The van der Waals surface area contributed by atoms with Crippen molar-refractivity contribution in [1.29, 1.82) is 0 Å². The number of benzene rings is 1. The third-order valence-corrected chi connectivity index (χ3v) is 4.28. The standard InChI is InChI=1S/C17H12Cl2N2O3/c1-10-4-3-7-21-14(22)8-11(20-16(10)21)9-24-17(23)12-5-2-6-13(18)15(12)19/h2-8H,9H2,1H3. The van der Waals surface area contributed by atoms with Crippen molar-refractivity contribution in [1.82, 2.24) is 9.38 Å². The SMILES string of the molecule is Cc1cccn2c(=O)cc(COC(=O)c3cccc(Cl)c3Cl)nc12. The van der Waals surface area contributed by atoms with E-state index in [1.54, 1.807) is 24.4 Å². The van der Waals surface area contributed by atoms with Crippen LogP contribution in [0.15, 0.2) is 47.4 Å². The lowest BCUT2D eigenvalue weighted by Gasteiger charge is -2.08. The minimum Gasteiger partial charge on any atom is -0.456 e. The van der Waals surface area contributed by atoms with Gasteiger partial charge in [-0.1, -0.05) is 35.3 Å². The van der Waals surface area contributed by atoms with Gasteiger partial charge in [0.2, 0.25) is 0 Å². The number of hydrogen-bond donors (Lipinski definition) is 0. The fourth-order valence-electron chi connectivity index (χ4n) is 2.26. The molecule has 7 heteroatoms. The number of halogens is 2. The molecule has 0 aliphatic rings. The lowest BCUT2D eigenvalue weighted by Crippen LogP contribution is -2.17. The maximum atomic E-state index is 12.1. The van der Waals surface area contributed by atoms with E-state index in [2.05, 4.69) is 4.98 Å². The molecule has 3 aromatic rings. The molecule has 0 fully saturated rings. The number of rotatable bonds is 3. The number of pyridine rings is 1. The van der Waals surface area contributed by atoms with Gasteiger partial charge in [0, 0.05) is 12.3 Å². The summed E-state index contributed by atoms with van der Waals surface area (Å²) in [5, 5.41) is 0.398. The van der Waals surface area contributed by atoms with E-state index in [-0.39, 0.29) is 27.8 Å². The first kappa shape index (κ1) is 16.5. The van der Waals surface area contributed by atoms with E-state index in [9.17, 15) is 9.59 Å². The summed E-state index contributed by atoms with van der Waals surface area (Å²) in [6, 6.07) is 9.66. The van der Waals surface area contributed by atoms with Crippen molar-refractivity contribution >= 4 is 34.8 Å². The van der Waals surface area contributed by atoms with Crippen LogP contribution in [0.2, 0.25) is 10.0 Å². The summed E-state index contributed by atoms with van der Waals surface area (Å²) in [5.74, 6) is -0.630. The van der Waals surface area contributed by atoms with Crippen LogP contribution in [0.1, 0.15) is 21.6 Å². The molecule has 3 rings (SSSR count). The topological polar surface area (TPSA) is 60.7 Å². The van der Waals surface area contributed by atoms with Gasteiger partial charge in [-0.2, -0.15) is 0 Å². The van der Waals surface area contributed by atoms with E-state index in [4.69, 9.17) is 27.9 Å². The summed E-state index contributed by atoms with van der Waals surface area (Å²) in [6.07, 6.45) is 1.64. The number of carbonyl (C=O) groups excluding carboxylic acids is 1. The third-order valence-electron chi connectivity index (χ3n) is 3.46. The summed E-state index contributed by atoms with van der Waals surface area (Å²) in [5.41, 5.74) is 1.66. The van der Waals surface area contributed by atoms with Crippen molar-refractivity contribution in [2.45, 2.75) is 13.5 Å². The Bertz CT molecular complexity index is 999. The molecule has 5 nitrogen and oxygen atoms in total.